The first kappa shape index (κ1) is 14.5. The van der Waals surface area contributed by atoms with Crippen molar-refractivity contribution in [3.05, 3.63) is 17.7 Å². The molecule has 0 spiro atoms. The number of nitrogens with one attached hydrogen (secondary N) is 1. The van der Waals surface area contributed by atoms with Crippen molar-refractivity contribution in [3.8, 4) is 0 Å². The van der Waals surface area contributed by atoms with Crippen LogP contribution in [0.25, 0.3) is 0 Å². The van der Waals surface area contributed by atoms with Gasteiger partial charge in [-0.3, -0.25) is 4.79 Å². The van der Waals surface area contributed by atoms with E-state index in [0.29, 0.717) is 6.42 Å². The number of carbonyl (C=O) groups excluding carboxylic acids is 1. The van der Waals surface area contributed by atoms with Crippen LogP contribution in [0.5, 0.6) is 0 Å². The standard InChI is InChI=1S/C13H20N4O3/c1-2-3-8(5-14)12(18)17-6-10-9(15-7-16-10)4-11(17)13(19)20/h7-8,11H,2-6,14H2,1H3,(H,15,16)(H,19,20). The lowest BCUT2D eigenvalue weighted by atomic mass is 9.97. The highest BCUT2D eigenvalue weighted by molar-refractivity contribution is 5.85. The lowest BCUT2D eigenvalue weighted by Gasteiger charge is -2.34. The fourth-order valence-corrected chi connectivity index (χ4v) is 2.61. The number of nitrogens with two attached hydrogens (primary N) is 1. The van der Waals surface area contributed by atoms with E-state index in [0.717, 1.165) is 17.8 Å². The van der Waals surface area contributed by atoms with Gasteiger partial charge in [0.25, 0.3) is 0 Å². The van der Waals surface area contributed by atoms with E-state index < -0.39 is 12.0 Å². The molecule has 20 heavy (non-hydrogen) atoms. The Hall–Kier alpha value is -1.89. The molecular weight excluding hydrogens is 260 g/mol. The second kappa shape index (κ2) is 6.04. The Labute approximate surface area is 117 Å². The molecular formula is C13H20N4O3. The predicted molar refractivity (Wildman–Crippen MR) is 71.7 cm³/mol. The highest BCUT2D eigenvalue weighted by atomic mass is 16.4. The first-order chi connectivity index (χ1) is 9.58. The Morgan fingerprint density at radius 1 is 1.65 bits per heavy atom. The third-order valence-corrected chi connectivity index (χ3v) is 3.74. The average Bonchev–Trinajstić information content (AvgIpc) is 2.89. The second-order valence-electron chi connectivity index (χ2n) is 5.07. The van der Waals surface area contributed by atoms with E-state index >= 15 is 0 Å². The predicted octanol–water partition coefficient (Wildman–Crippen LogP) is 0.123. The van der Waals surface area contributed by atoms with Crippen molar-refractivity contribution in [1.29, 1.82) is 0 Å². The van der Waals surface area contributed by atoms with Crippen molar-refractivity contribution < 1.29 is 14.7 Å². The summed E-state index contributed by atoms with van der Waals surface area (Å²) in [6, 6.07) is -0.857. The number of imidazole rings is 1. The molecule has 1 aromatic rings. The van der Waals surface area contributed by atoms with Crippen LogP contribution in [0, 0.1) is 5.92 Å². The molecule has 2 rings (SSSR count). The molecule has 0 radical (unpaired) electrons. The largest absolute Gasteiger partial charge is 0.480 e. The van der Waals surface area contributed by atoms with E-state index in [9.17, 15) is 14.7 Å². The third-order valence-electron chi connectivity index (χ3n) is 3.74. The molecule has 1 aliphatic heterocycles. The third kappa shape index (κ3) is 2.67. The number of hydrogen-bond acceptors (Lipinski definition) is 4. The van der Waals surface area contributed by atoms with Crippen molar-refractivity contribution in [2.45, 2.75) is 38.8 Å². The summed E-state index contributed by atoms with van der Waals surface area (Å²) in [6.45, 7) is 2.48. The van der Waals surface area contributed by atoms with Crippen molar-refractivity contribution in [2.75, 3.05) is 6.54 Å². The number of hydrogen-bond donors (Lipinski definition) is 3. The van der Waals surface area contributed by atoms with Crippen molar-refractivity contribution >= 4 is 11.9 Å². The summed E-state index contributed by atoms with van der Waals surface area (Å²) >= 11 is 0. The first-order valence-electron chi connectivity index (χ1n) is 6.82. The van der Waals surface area contributed by atoms with E-state index in [2.05, 4.69) is 9.97 Å². The van der Waals surface area contributed by atoms with Crippen molar-refractivity contribution in [2.24, 2.45) is 11.7 Å². The molecule has 4 N–H and O–H groups in total. The molecule has 1 aliphatic rings. The van der Waals surface area contributed by atoms with Gasteiger partial charge in [0.05, 0.1) is 30.2 Å². The van der Waals surface area contributed by atoms with Crippen LogP contribution in [0.1, 0.15) is 31.2 Å². The van der Waals surface area contributed by atoms with Gasteiger partial charge >= 0.3 is 5.97 Å². The van der Waals surface area contributed by atoms with Gasteiger partial charge in [0.2, 0.25) is 5.91 Å². The number of carboxylic acids is 1. The number of H-pyrrole nitrogens is 1. The van der Waals surface area contributed by atoms with Crippen LogP contribution >= 0.6 is 0 Å². The Morgan fingerprint density at radius 3 is 3.00 bits per heavy atom. The van der Waals surface area contributed by atoms with Crippen LogP contribution in [0.15, 0.2) is 6.33 Å². The van der Waals surface area contributed by atoms with Gasteiger partial charge in [0.15, 0.2) is 0 Å². The van der Waals surface area contributed by atoms with E-state index in [1.165, 1.54) is 11.2 Å². The molecule has 0 aliphatic carbocycles. The number of fused-ring (bicyclic) bond motifs is 1. The molecule has 0 saturated carbocycles. The van der Waals surface area contributed by atoms with Crippen LogP contribution in [-0.4, -0.2) is 44.4 Å². The Bertz CT molecular complexity index is 500. The normalized spacial score (nSPS) is 19.5. The zero-order valence-corrected chi connectivity index (χ0v) is 11.5. The highest BCUT2D eigenvalue weighted by Crippen LogP contribution is 2.23. The van der Waals surface area contributed by atoms with Crippen LogP contribution in [0.3, 0.4) is 0 Å². The fourth-order valence-electron chi connectivity index (χ4n) is 2.61. The maximum atomic E-state index is 12.5. The molecule has 0 bridgehead atoms. The van der Waals surface area contributed by atoms with Crippen molar-refractivity contribution in [3.63, 3.8) is 0 Å². The van der Waals surface area contributed by atoms with Gasteiger partial charge in [-0.05, 0) is 6.42 Å². The van der Waals surface area contributed by atoms with E-state index in [4.69, 9.17) is 5.73 Å². The van der Waals surface area contributed by atoms with Crippen LogP contribution in [0.4, 0.5) is 0 Å². The number of aromatic nitrogens is 2. The monoisotopic (exact) mass is 280 g/mol. The zero-order chi connectivity index (χ0) is 14.7. The highest BCUT2D eigenvalue weighted by Gasteiger charge is 2.37. The molecule has 2 unspecified atom stereocenters. The van der Waals surface area contributed by atoms with E-state index in [1.807, 2.05) is 6.92 Å². The van der Waals surface area contributed by atoms with E-state index in [1.54, 1.807) is 0 Å². The average molecular weight is 280 g/mol. The summed E-state index contributed by atoms with van der Waals surface area (Å²) in [7, 11) is 0. The molecule has 1 amide bonds. The number of aliphatic carboxylic acids is 1. The number of aromatic amines is 1. The smallest absolute Gasteiger partial charge is 0.326 e. The van der Waals surface area contributed by atoms with Gasteiger partial charge in [0.1, 0.15) is 6.04 Å². The Morgan fingerprint density at radius 2 is 2.40 bits per heavy atom. The minimum absolute atomic E-state index is 0.179. The van der Waals surface area contributed by atoms with Gasteiger partial charge in [-0.1, -0.05) is 13.3 Å². The number of amides is 1. The summed E-state index contributed by atoms with van der Waals surface area (Å²) < 4.78 is 0. The van der Waals surface area contributed by atoms with Crippen LogP contribution < -0.4 is 5.73 Å². The minimum atomic E-state index is -1.00. The van der Waals surface area contributed by atoms with Crippen LogP contribution in [-0.2, 0) is 22.6 Å². The molecule has 0 aromatic carbocycles. The summed E-state index contributed by atoms with van der Waals surface area (Å²) in [6.07, 6.45) is 3.29. The maximum Gasteiger partial charge on any atom is 0.326 e. The fraction of sp³-hybridized carbons (Fsp3) is 0.615. The quantitative estimate of drug-likeness (QED) is 0.709. The maximum absolute atomic E-state index is 12.5. The number of rotatable bonds is 5. The van der Waals surface area contributed by atoms with Gasteiger partial charge < -0.3 is 20.7 Å². The molecule has 1 aromatic heterocycles. The summed E-state index contributed by atoms with van der Waals surface area (Å²) in [5, 5.41) is 9.34. The SMILES string of the molecule is CCCC(CN)C(=O)N1Cc2[nH]cnc2CC1C(=O)O. The first-order valence-corrected chi connectivity index (χ1v) is 6.82. The molecule has 110 valence electrons. The van der Waals surface area contributed by atoms with Gasteiger partial charge in [-0.15, -0.1) is 0 Å². The lowest BCUT2D eigenvalue weighted by molar-refractivity contribution is -0.153. The van der Waals surface area contributed by atoms with Gasteiger partial charge in [-0.25, -0.2) is 9.78 Å². The zero-order valence-electron chi connectivity index (χ0n) is 11.5. The van der Waals surface area contributed by atoms with Gasteiger partial charge in [0, 0.05) is 13.0 Å². The second-order valence-corrected chi connectivity index (χ2v) is 5.07. The summed E-state index contributed by atoms with van der Waals surface area (Å²) in [4.78, 5) is 32.4. The molecule has 7 nitrogen and oxygen atoms in total. The summed E-state index contributed by atoms with van der Waals surface area (Å²) in [5.41, 5.74) is 7.18. The molecule has 2 heterocycles. The number of carbonyl (C=O) groups is 2. The summed E-state index contributed by atoms with van der Waals surface area (Å²) in [5.74, 6) is -1.49. The lowest BCUT2D eigenvalue weighted by Crippen LogP contribution is -2.51. The molecule has 2 atom stereocenters. The molecule has 0 saturated heterocycles. The van der Waals surface area contributed by atoms with Crippen molar-refractivity contribution in [1.82, 2.24) is 14.9 Å². The van der Waals surface area contributed by atoms with E-state index in [-0.39, 0.29) is 31.3 Å². The van der Waals surface area contributed by atoms with Crippen LogP contribution in [0.2, 0.25) is 0 Å². The molecule has 0 fully saturated rings. The topological polar surface area (TPSA) is 112 Å². The minimum Gasteiger partial charge on any atom is -0.480 e. The Kier molecular flexibility index (Phi) is 4.39. The molecule has 7 heteroatoms. The number of carboxylic acid groups (broad SMARTS) is 1. The Balaban J connectivity index is 2.23. The number of nitrogens with zero attached hydrogens (tertiary/aromatic N) is 2. The van der Waals surface area contributed by atoms with Gasteiger partial charge in [-0.2, -0.15) is 0 Å².